The molecule has 0 amide bonds. The van der Waals surface area contributed by atoms with E-state index in [1.54, 1.807) is 0 Å². The maximum absolute atomic E-state index is 5.87. The third-order valence-electron chi connectivity index (χ3n) is 1.55. The molecule has 12 heavy (non-hydrogen) atoms. The van der Waals surface area contributed by atoms with Gasteiger partial charge in [-0.3, -0.25) is 0 Å². The lowest BCUT2D eigenvalue weighted by Gasteiger charge is -2.09. The molecule has 0 unspecified atom stereocenters. The van der Waals surface area contributed by atoms with Gasteiger partial charge < -0.3 is 0 Å². The molecule has 66 valence electrons. The first-order valence-corrected chi connectivity index (χ1v) is 8.58. The number of hydrogen-bond acceptors (Lipinski definition) is 0. The number of rotatable bonds is 1. The Bertz CT molecular complexity index is 271. The van der Waals surface area contributed by atoms with Crippen LogP contribution >= 0.6 is 33.2 Å². The van der Waals surface area contributed by atoms with Crippen molar-refractivity contribution in [1.29, 1.82) is 0 Å². The summed E-state index contributed by atoms with van der Waals surface area (Å²) in [5.74, 6) is 0. The smallest absolute Gasteiger partial charge is 0.121 e. The van der Waals surface area contributed by atoms with Crippen molar-refractivity contribution < 1.29 is 0 Å². The summed E-state index contributed by atoms with van der Waals surface area (Å²) < 4.78 is 0. The van der Waals surface area contributed by atoms with E-state index in [0.29, 0.717) is 0 Å². The van der Waals surface area contributed by atoms with Gasteiger partial charge in [0.25, 0.3) is 0 Å². The fourth-order valence-corrected chi connectivity index (χ4v) is 2.90. The lowest BCUT2D eigenvalue weighted by Crippen LogP contribution is -2.30. The Morgan fingerprint density at radius 1 is 0.917 bits per heavy atom. The van der Waals surface area contributed by atoms with Crippen molar-refractivity contribution >= 4 is 44.4 Å². The zero-order valence-corrected chi connectivity index (χ0v) is 10.1. The van der Waals surface area contributed by atoms with Gasteiger partial charge in [-0.25, -0.2) is 0 Å². The molecule has 4 heteroatoms. The van der Waals surface area contributed by atoms with Crippen molar-refractivity contribution in [1.82, 2.24) is 0 Å². The van der Waals surface area contributed by atoms with Crippen LogP contribution in [0.15, 0.2) is 18.2 Å². The van der Waals surface area contributed by atoms with Gasteiger partial charge >= 0.3 is 6.00 Å². The summed E-state index contributed by atoms with van der Waals surface area (Å²) >= 11 is 17.6. The van der Waals surface area contributed by atoms with E-state index in [2.05, 4.69) is 6.07 Å². The van der Waals surface area contributed by atoms with Gasteiger partial charge in [0.05, 0.1) is 0 Å². The number of halogens is 3. The van der Waals surface area contributed by atoms with Gasteiger partial charge in [0.15, 0.2) is 0 Å². The molecule has 0 nitrogen and oxygen atoms in total. The molecule has 0 saturated carbocycles. The Hall–Kier alpha value is 0.307. The molecule has 0 heterocycles. The summed E-state index contributed by atoms with van der Waals surface area (Å²) in [5, 5.41) is 0.866. The standard InChI is InChI=1S/C8H9Cl3Si/c1-6-3-7(2)5-8(4-6)12(9,10)11/h3-5H,1-2H3. The molecule has 0 aliphatic carbocycles. The van der Waals surface area contributed by atoms with Crippen molar-refractivity contribution in [3.8, 4) is 0 Å². The lowest BCUT2D eigenvalue weighted by molar-refractivity contribution is 1.40. The number of hydrogen-bond donors (Lipinski definition) is 0. The van der Waals surface area contributed by atoms with E-state index < -0.39 is 6.00 Å². The monoisotopic (exact) mass is 238 g/mol. The molecule has 0 aliphatic rings. The van der Waals surface area contributed by atoms with Crippen LogP contribution in [0.3, 0.4) is 0 Å². The number of benzene rings is 1. The van der Waals surface area contributed by atoms with E-state index >= 15 is 0 Å². The van der Waals surface area contributed by atoms with Crippen LogP contribution in [0.25, 0.3) is 0 Å². The Morgan fingerprint density at radius 2 is 1.33 bits per heavy atom. The first-order chi connectivity index (χ1) is 5.39. The second-order valence-electron chi connectivity index (χ2n) is 2.87. The molecule has 0 aliphatic heterocycles. The minimum Gasteiger partial charge on any atom is -0.121 e. The highest BCUT2D eigenvalue weighted by Crippen LogP contribution is 2.20. The van der Waals surface area contributed by atoms with E-state index in [-0.39, 0.29) is 0 Å². The quantitative estimate of drug-likeness (QED) is 0.522. The fraction of sp³-hybridized carbons (Fsp3) is 0.250. The highest BCUT2D eigenvalue weighted by molar-refractivity contribution is 7.69. The molecule has 0 N–H and O–H groups in total. The van der Waals surface area contributed by atoms with Crippen LogP contribution in [0, 0.1) is 13.8 Å². The summed E-state index contributed by atoms with van der Waals surface area (Å²) in [6.45, 7) is 4.00. The molecule has 0 aromatic heterocycles. The zero-order valence-electron chi connectivity index (χ0n) is 6.87. The SMILES string of the molecule is Cc1cc(C)cc([Si](Cl)(Cl)Cl)c1. The normalized spacial score (nSPS) is 11.8. The molecule has 0 saturated heterocycles. The van der Waals surface area contributed by atoms with Gasteiger partial charge in [-0.2, -0.15) is 0 Å². The topological polar surface area (TPSA) is 0 Å². The molecule has 0 spiro atoms. The summed E-state index contributed by atoms with van der Waals surface area (Å²) in [4.78, 5) is 0. The second-order valence-corrected chi connectivity index (χ2v) is 11.3. The van der Waals surface area contributed by atoms with Gasteiger partial charge in [-0.15, -0.1) is 33.2 Å². The minimum absolute atomic E-state index is 0.866. The molecule has 0 bridgehead atoms. The summed E-state index contributed by atoms with van der Waals surface area (Å²) in [6.07, 6.45) is 0. The van der Waals surface area contributed by atoms with Crippen LogP contribution in [-0.4, -0.2) is 6.00 Å². The third kappa shape index (κ3) is 2.66. The van der Waals surface area contributed by atoms with Crippen molar-refractivity contribution in [2.75, 3.05) is 0 Å². The highest BCUT2D eigenvalue weighted by atomic mass is 35.8. The van der Waals surface area contributed by atoms with Gasteiger partial charge in [0.1, 0.15) is 0 Å². The van der Waals surface area contributed by atoms with Gasteiger partial charge in [-0.05, 0) is 19.0 Å². The third-order valence-corrected chi connectivity index (χ3v) is 4.46. The maximum atomic E-state index is 5.87. The molecular weight excluding hydrogens is 231 g/mol. The Labute approximate surface area is 87.6 Å². The Morgan fingerprint density at radius 3 is 1.67 bits per heavy atom. The van der Waals surface area contributed by atoms with Crippen molar-refractivity contribution in [3.63, 3.8) is 0 Å². The van der Waals surface area contributed by atoms with E-state index in [0.717, 1.165) is 16.3 Å². The Balaban J connectivity index is 3.18. The molecule has 0 radical (unpaired) electrons. The number of aryl methyl sites for hydroxylation is 2. The van der Waals surface area contributed by atoms with Crippen LogP contribution in [-0.2, 0) is 0 Å². The van der Waals surface area contributed by atoms with E-state index in [1.807, 2.05) is 26.0 Å². The fourth-order valence-electron chi connectivity index (χ4n) is 1.14. The predicted molar refractivity (Wildman–Crippen MR) is 58.9 cm³/mol. The van der Waals surface area contributed by atoms with Crippen LogP contribution < -0.4 is 5.19 Å². The predicted octanol–water partition coefficient (Wildman–Crippen LogP) is 3.17. The minimum atomic E-state index is -2.68. The van der Waals surface area contributed by atoms with Crippen LogP contribution in [0.5, 0.6) is 0 Å². The average molecular weight is 240 g/mol. The largest absolute Gasteiger partial charge is 0.372 e. The van der Waals surface area contributed by atoms with Crippen molar-refractivity contribution in [3.05, 3.63) is 29.3 Å². The highest BCUT2D eigenvalue weighted by Gasteiger charge is 2.28. The molecule has 0 fully saturated rings. The molecule has 0 atom stereocenters. The van der Waals surface area contributed by atoms with Crippen LogP contribution in [0.1, 0.15) is 11.1 Å². The van der Waals surface area contributed by atoms with Crippen molar-refractivity contribution in [2.24, 2.45) is 0 Å². The molecule has 1 aromatic rings. The maximum Gasteiger partial charge on any atom is 0.372 e. The second kappa shape index (κ2) is 3.58. The van der Waals surface area contributed by atoms with Crippen LogP contribution in [0.4, 0.5) is 0 Å². The molecular formula is C8H9Cl3Si. The first-order valence-electron chi connectivity index (χ1n) is 3.55. The summed E-state index contributed by atoms with van der Waals surface area (Å²) in [6, 6.07) is 3.26. The van der Waals surface area contributed by atoms with E-state index in [9.17, 15) is 0 Å². The molecule has 1 aromatic carbocycles. The first kappa shape index (κ1) is 10.4. The lowest BCUT2D eigenvalue weighted by atomic mass is 10.2. The van der Waals surface area contributed by atoms with Crippen molar-refractivity contribution in [2.45, 2.75) is 13.8 Å². The Kier molecular flexibility index (Phi) is 3.10. The summed E-state index contributed by atoms with van der Waals surface area (Å²) in [7, 11) is 0. The zero-order chi connectivity index (χ0) is 9.35. The average Bonchev–Trinajstić information content (AvgIpc) is 1.82. The molecule has 1 rings (SSSR count). The van der Waals surface area contributed by atoms with Gasteiger partial charge in [0.2, 0.25) is 0 Å². The van der Waals surface area contributed by atoms with Gasteiger partial charge in [0, 0.05) is 0 Å². The van der Waals surface area contributed by atoms with E-state index in [1.165, 1.54) is 0 Å². The summed E-state index contributed by atoms with van der Waals surface area (Å²) in [5.41, 5.74) is 2.28. The van der Waals surface area contributed by atoms with Crippen LogP contribution in [0.2, 0.25) is 0 Å². The van der Waals surface area contributed by atoms with Gasteiger partial charge in [-0.1, -0.05) is 29.3 Å². The van der Waals surface area contributed by atoms with E-state index in [4.69, 9.17) is 33.2 Å².